The van der Waals surface area contributed by atoms with Crippen LogP contribution in [0.5, 0.6) is 11.5 Å². The molecule has 0 saturated heterocycles. The molecule has 0 aliphatic rings. The summed E-state index contributed by atoms with van der Waals surface area (Å²) in [6.45, 7) is 0. The normalized spacial score (nSPS) is 11.2. The number of ketones is 1. The molecule has 236 valence electrons. The summed E-state index contributed by atoms with van der Waals surface area (Å²) in [5.74, 6) is 1.31. The van der Waals surface area contributed by atoms with Gasteiger partial charge in [-0.2, -0.15) is 0 Å². The SMILES string of the molecule is COc1ccc(C(Sc2ccc(Nc3nc(N)c(C(=O)c4c(Cl)cccc4Cl)s3)cc2)(c2ccccc2)c2ccc(OC)cc2)cc1. The van der Waals surface area contributed by atoms with Crippen molar-refractivity contribution in [3.8, 4) is 11.5 Å². The topological polar surface area (TPSA) is 86.5 Å². The molecule has 0 spiro atoms. The van der Waals surface area contributed by atoms with E-state index in [0.29, 0.717) is 5.13 Å². The molecule has 0 unspecified atom stereocenters. The molecule has 1 aromatic heterocycles. The largest absolute Gasteiger partial charge is 0.497 e. The van der Waals surface area contributed by atoms with Gasteiger partial charge in [0, 0.05) is 10.6 Å². The minimum absolute atomic E-state index is 0.109. The number of benzene rings is 5. The number of aromatic nitrogens is 1. The number of thioether (sulfide) groups is 1. The predicted molar refractivity (Wildman–Crippen MR) is 194 cm³/mol. The van der Waals surface area contributed by atoms with Crippen LogP contribution in [0.3, 0.4) is 0 Å². The molecule has 6 rings (SSSR count). The maximum Gasteiger partial charge on any atom is 0.209 e. The molecular weight excluding hydrogens is 669 g/mol. The summed E-state index contributed by atoms with van der Waals surface area (Å²) in [6.07, 6.45) is 0. The van der Waals surface area contributed by atoms with Crippen LogP contribution in [0.1, 0.15) is 31.9 Å². The number of nitrogens with one attached hydrogen (secondary N) is 1. The van der Waals surface area contributed by atoms with Crippen molar-refractivity contribution < 1.29 is 14.3 Å². The Hall–Kier alpha value is -4.47. The Labute approximate surface area is 291 Å². The van der Waals surface area contributed by atoms with E-state index in [1.54, 1.807) is 44.2 Å². The first-order valence-electron chi connectivity index (χ1n) is 14.5. The van der Waals surface area contributed by atoms with E-state index in [4.69, 9.17) is 38.4 Å². The summed E-state index contributed by atoms with van der Waals surface area (Å²) >= 11 is 15.4. The molecule has 0 saturated carbocycles. The van der Waals surface area contributed by atoms with Gasteiger partial charge in [-0.15, -0.1) is 11.8 Å². The third-order valence-electron chi connectivity index (χ3n) is 7.60. The van der Waals surface area contributed by atoms with E-state index in [-0.39, 0.29) is 32.1 Å². The van der Waals surface area contributed by atoms with Crippen molar-refractivity contribution in [3.63, 3.8) is 0 Å². The highest BCUT2D eigenvalue weighted by molar-refractivity contribution is 8.00. The Balaban J connectivity index is 1.33. The van der Waals surface area contributed by atoms with Crippen LogP contribution in [0.4, 0.5) is 16.6 Å². The van der Waals surface area contributed by atoms with Crippen LogP contribution in [-0.4, -0.2) is 25.0 Å². The molecule has 0 amide bonds. The molecule has 0 bridgehead atoms. The third-order valence-corrected chi connectivity index (χ3v) is 10.7. The minimum atomic E-state index is -0.603. The number of nitrogens with two attached hydrogens (primary N) is 1. The van der Waals surface area contributed by atoms with Crippen LogP contribution in [0.2, 0.25) is 10.0 Å². The van der Waals surface area contributed by atoms with Gasteiger partial charge in [0.15, 0.2) is 5.13 Å². The Bertz CT molecular complexity index is 1930. The first kappa shape index (κ1) is 32.5. The van der Waals surface area contributed by atoms with Gasteiger partial charge < -0.3 is 20.5 Å². The van der Waals surface area contributed by atoms with E-state index in [2.05, 4.69) is 71.0 Å². The second kappa shape index (κ2) is 14.1. The summed E-state index contributed by atoms with van der Waals surface area (Å²) in [4.78, 5) is 18.9. The number of ether oxygens (including phenoxy) is 2. The molecule has 0 aliphatic heterocycles. The van der Waals surface area contributed by atoms with Crippen molar-refractivity contribution in [1.82, 2.24) is 4.98 Å². The molecule has 6 aromatic rings. The predicted octanol–water partition coefficient (Wildman–Crippen LogP) is 10.1. The maximum atomic E-state index is 13.3. The molecule has 10 heteroatoms. The van der Waals surface area contributed by atoms with Gasteiger partial charge in [0.25, 0.3) is 0 Å². The van der Waals surface area contributed by atoms with Gasteiger partial charge in [-0.25, -0.2) is 4.98 Å². The standard InChI is InChI=1S/C37H29Cl2N3O3S2/c1-44-27-17-11-24(12-18-27)37(23-7-4-3-5-8-23,25-13-19-28(45-2)20-14-25)47-29-21-15-26(16-22-29)41-36-42-35(40)34(46-36)33(43)32-30(38)9-6-10-31(32)39/h3-22H,40H2,1-2H3,(H,41,42). The summed E-state index contributed by atoms with van der Waals surface area (Å²) < 4.78 is 10.4. The monoisotopic (exact) mass is 697 g/mol. The number of anilines is 3. The number of nitrogen functional groups attached to an aromatic ring is 1. The number of hydrogen-bond donors (Lipinski definition) is 2. The summed E-state index contributed by atoms with van der Waals surface area (Å²) in [5, 5.41) is 4.28. The average Bonchev–Trinajstić information content (AvgIpc) is 3.47. The van der Waals surface area contributed by atoms with Crippen LogP contribution in [-0.2, 0) is 4.75 Å². The highest BCUT2D eigenvalue weighted by atomic mass is 35.5. The number of thiazole rings is 1. The fraction of sp³-hybridized carbons (Fsp3) is 0.0811. The van der Waals surface area contributed by atoms with Gasteiger partial charge >= 0.3 is 0 Å². The average molecular weight is 699 g/mol. The van der Waals surface area contributed by atoms with Gasteiger partial charge in [-0.3, -0.25) is 4.79 Å². The van der Waals surface area contributed by atoms with Crippen LogP contribution in [0.15, 0.2) is 126 Å². The Morgan fingerprint density at radius 3 is 1.81 bits per heavy atom. The number of carbonyl (C=O) groups is 1. The van der Waals surface area contributed by atoms with E-state index < -0.39 is 4.75 Å². The second-order valence-corrected chi connectivity index (χ2v) is 13.5. The van der Waals surface area contributed by atoms with Crippen LogP contribution < -0.4 is 20.5 Å². The zero-order valence-electron chi connectivity index (χ0n) is 25.4. The fourth-order valence-electron chi connectivity index (χ4n) is 5.28. The lowest BCUT2D eigenvalue weighted by atomic mass is 9.84. The van der Waals surface area contributed by atoms with Crippen LogP contribution in [0.25, 0.3) is 0 Å². The van der Waals surface area contributed by atoms with Crippen molar-refractivity contribution in [3.05, 3.63) is 159 Å². The lowest BCUT2D eigenvalue weighted by Crippen LogP contribution is -2.25. The zero-order chi connectivity index (χ0) is 33.0. The van der Waals surface area contributed by atoms with Crippen molar-refractivity contribution in [2.45, 2.75) is 9.64 Å². The smallest absolute Gasteiger partial charge is 0.209 e. The number of carbonyl (C=O) groups excluding carboxylic acids is 1. The van der Waals surface area contributed by atoms with Crippen LogP contribution in [0, 0.1) is 0 Å². The Kier molecular flexibility index (Phi) is 9.75. The number of rotatable bonds is 11. The quantitative estimate of drug-likeness (QED) is 0.0791. The lowest BCUT2D eigenvalue weighted by Gasteiger charge is -2.35. The molecule has 0 radical (unpaired) electrons. The fourth-order valence-corrected chi connectivity index (χ4v) is 8.09. The Morgan fingerprint density at radius 1 is 0.745 bits per heavy atom. The molecule has 0 aliphatic carbocycles. The molecule has 0 fully saturated rings. The highest BCUT2D eigenvalue weighted by Gasteiger charge is 2.38. The molecular formula is C37H29Cl2N3O3S2. The summed E-state index contributed by atoms with van der Waals surface area (Å²) in [6, 6.07) is 39.8. The second-order valence-electron chi connectivity index (χ2n) is 10.4. The Morgan fingerprint density at radius 2 is 1.28 bits per heavy atom. The number of hydrogen-bond acceptors (Lipinski definition) is 8. The first-order valence-corrected chi connectivity index (χ1v) is 16.9. The molecule has 5 aromatic carbocycles. The van der Waals surface area contributed by atoms with E-state index in [0.717, 1.165) is 50.1 Å². The molecule has 3 N–H and O–H groups in total. The molecule has 1 heterocycles. The molecule has 6 nitrogen and oxygen atoms in total. The van der Waals surface area contributed by atoms with E-state index >= 15 is 0 Å². The van der Waals surface area contributed by atoms with Gasteiger partial charge in [0.1, 0.15) is 22.2 Å². The number of nitrogens with zero attached hydrogens (tertiary/aromatic N) is 1. The third kappa shape index (κ3) is 6.68. The first-order chi connectivity index (χ1) is 22.8. The van der Waals surface area contributed by atoms with Crippen LogP contribution >= 0.6 is 46.3 Å². The van der Waals surface area contributed by atoms with Crippen molar-refractivity contribution >= 4 is 68.7 Å². The van der Waals surface area contributed by atoms with Gasteiger partial charge in [-0.1, -0.05) is 95.2 Å². The lowest BCUT2D eigenvalue weighted by molar-refractivity contribution is 0.104. The number of halogens is 2. The maximum absolute atomic E-state index is 13.3. The van der Waals surface area contributed by atoms with E-state index in [1.165, 1.54) is 0 Å². The minimum Gasteiger partial charge on any atom is -0.497 e. The van der Waals surface area contributed by atoms with Crippen molar-refractivity contribution in [2.24, 2.45) is 0 Å². The summed E-state index contributed by atoms with van der Waals surface area (Å²) in [7, 11) is 3.33. The van der Waals surface area contributed by atoms with E-state index in [9.17, 15) is 4.79 Å². The highest BCUT2D eigenvalue weighted by Crippen LogP contribution is 2.52. The van der Waals surface area contributed by atoms with Crippen molar-refractivity contribution in [1.29, 1.82) is 0 Å². The van der Waals surface area contributed by atoms with Gasteiger partial charge in [0.2, 0.25) is 5.78 Å². The zero-order valence-corrected chi connectivity index (χ0v) is 28.5. The number of methoxy groups -OCH3 is 2. The van der Waals surface area contributed by atoms with Gasteiger partial charge in [0.05, 0.1) is 34.6 Å². The molecule has 47 heavy (non-hydrogen) atoms. The summed E-state index contributed by atoms with van der Waals surface area (Å²) in [5.41, 5.74) is 10.5. The van der Waals surface area contributed by atoms with E-state index in [1.807, 2.05) is 42.5 Å². The molecule has 0 atom stereocenters. The van der Waals surface area contributed by atoms with Crippen molar-refractivity contribution in [2.75, 3.05) is 25.3 Å². The van der Waals surface area contributed by atoms with Gasteiger partial charge in [-0.05, 0) is 77.4 Å².